The zero-order valence-corrected chi connectivity index (χ0v) is 11.1. The summed E-state index contributed by atoms with van der Waals surface area (Å²) in [5.41, 5.74) is 13.2. The Kier molecular flexibility index (Phi) is 3.12. The minimum atomic E-state index is -0.496. The van der Waals surface area contributed by atoms with Gasteiger partial charge in [-0.3, -0.25) is 9.36 Å². The maximum absolute atomic E-state index is 11.3. The lowest BCUT2D eigenvalue weighted by Gasteiger charge is -2.09. The second-order valence-electron chi connectivity index (χ2n) is 4.50. The van der Waals surface area contributed by atoms with E-state index in [1.165, 1.54) is 0 Å². The normalized spacial score (nSPS) is 10.5. The lowest BCUT2D eigenvalue weighted by atomic mass is 10.1. The van der Waals surface area contributed by atoms with Crippen molar-refractivity contribution in [3.63, 3.8) is 0 Å². The molecule has 6 nitrogen and oxygen atoms in total. The van der Waals surface area contributed by atoms with Crippen molar-refractivity contribution in [2.24, 2.45) is 5.73 Å². The molecule has 0 aliphatic heterocycles. The number of hydrogen-bond acceptors (Lipinski definition) is 4. The third kappa shape index (κ3) is 2.34. The lowest BCUT2D eigenvalue weighted by Crippen LogP contribution is -2.12. The standard InChI is InChI=1S/C15H13N5O/c16-13(21)11-7-4-8-12(9-11)20-14(18-19-15(20)17)10-5-2-1-3-6-10/h1-9H,(H2,16,21)(H2,17,19). The Morgan fingerprint density at radius 1 is 1.00 bits per heavy atom. The summed E-state index contributed by atoms with van der Waals surface area (Å²) >= 11 is 0. The average molecular weight is 279 g/mol. The van der Waals surface area contributed by atoms with Gasteiger partial charge in [-0.1, -0.05) is 36.4 Å². The van der Waals surface area contributed by atoms with Crippen LogP contribution in [0.15, 0.2) is 54.6 Å². The number of carbonyl (C=O) groups is 1. The summed E-state index contributed by atoms with van der Waals surface area (Å²) in [7, 11) is 0. The van der Waals surface area contributed by atoms with Crippen molar-refractivity contribution < 1.29 is 4.79 Å². The Morgan fingerprint density at radius 3 is 2.48 bits per heavy atom. The summed E-state index contributed by atoms with van der Waals surface area (Å²) in [5.74, 6) is 0.356. The van der Waals surface area contributed by atoms with E-state index >= 15 is 0 Å². The SMILES string of the molecule is NC(=O)c1cccc(-n2c(N)nnc2-c2ccccc2)c1. The first kappa shape index (κ1) is 12.9. The molecule has 21 heavy (non-hydrogen) atoms. The van der Waals surface area contributed by atoms with E-state index in [1.807, 2.05) is 36.4 Å². The van der Waals surface area contributed by atoms with Crippen molar-refractivity contribution in [2.45, 2.75) is 0 Å². The molecule has 1 aromatic heterocycles. The second-order valence-corrected chi connectivity index (χ2v) is 4.50. The Morgan fingerprint density at radius 2 is 1.76 bits per heavy atom. The van der Waals surface area contributed by atoms with Crippen LogP contribution in [0.1, 0.15) is 10.4 Å². The average Bonchev–Trinajstić information content (AvgIpc) is 2.90. The van der Waals surface area contributed by atoms with Crippen molar-refractivity contribution in [2.75, 3.05) is 5.73 Å². The van der Waals surface area contributed by atoms with E-state index in [9.17, 15) is 4.79 Å². The molecule has 0 fully saturated rings. The van der Waals surface area contributed by atoms with Crippen LogP contribution in [0.4, 0.5) is 5.95 Å². The maximum Gasteiger partial charge on any atom is 0.248 e. The molecule has 3 rings (SSSR count). The van der Waals surface area contributed by atoms with Crippen LogP contribution in [0.25, 0.3) is 17.1 Å². The van der Waals surface area contributed by atoms with Gasteiger partial charge in [0.1, 0.15) is 0 Å². The van der Waals surface area contributed by atoms with Crippen molar-refractivity contribution in [1.29, 1.82) is 0 Å². The molecule has 4 N–H and O–H groups in total. The summed E-state index contributed by atoms with van der Waals surface area (Å²) in [4.78, 5) is 11.3. The largest absolute Gasteiger partial charge is 0.368 e. The number of nitrogen functional groups attached to an aromatic ring is 1. The van der Waals surface area contributed by atoms with E-state index in [-0.39, 0.29) is 5.95 Å². The maximum atomic E-state index is 11.3. The van der Waals surface area contributed by atoms with Crippen LogP contribution in [-0.4, -0.2) is 20.7 Å². The van der Waals surface area contributed by atoms with Crippen LogP contribution in [-0.2, 0) is 0 Å². The number of hydrogen-bond donors (Lipinski definition) is 2. The number of primary amides is 1. The van der Waals surface area contributed by atoms with E-state index in [2.05, 4.69) is 10.2 Å². The Balaban J connectivity index is 2.17. The van der Waals surface area contributed by atoms with Gasteiger partial charge in [0.05, 0.1) is 5.69 Å². The van der Waals surface area contributed by atoms with Gasteiger partial charge in [-0.05, 0) is 18.2 Å². The highest BCUT2D eigenvalue weighted by Gasteiger charge is 2.14. The van der Waals surface area contributed by atoms with Gasteiger partial charge in [-0.25, -0.2) is 0 Å². The Bertz CT molecular complexity index is 795. The van der Waals surface area contributed by atoms with Gasteiger partial charge in [0, 0.05) is 11.1 Å². The number of carbonyl (C=O) groups excluding carboxylic acids is 1. The molecule has 104 valence electrons. The quantitative estimate of drug-likeness (QED) is 0.760. The molecular formula is C15H13N5O. The molecule has 0 radical (unpaired) electrons. The van der Waals surface area contributed by atoms with Crippen LogP contribution >= 0.6 is 0 Å². The molecule has 2 aromatic carbocycles. The molecule has 0 atom stereocenters. The first-order chi connectivity index (χ1) is 10.2. The molecule has 1 amide bonds. The molecule has 0 saturated carbocycles. The topological polar surface area (TPSA) is 99.8 Å². The molecule has 6 heteroatoms. The van der Waals surface area contributed by atoms with E-state index in [4.69, 9.17) is 11.5 Å². The molecule has 0 aliphatic rings. The van der Waals surface area contributed by atoms with E-state index in [0.717, 1.165) is 5.56 Å². The fraction of sp³-hybridized carbons (Fsp3) is 0. The van der Waals surface area contributed by atoms with Gasteiger partial charge in [0.2, 0.25) is 11.9 Å². The molecule has 0 spiro atoms. The number of nitrogens with two attached hydrogens (primary N) is 2. The number of rotatable bonds is 3. The van der Waals surface area contributed by atoms with E-state index in [1.54, 1.807) is 22.8 Å². The van der Waals surface area contributed by atoms with Gasteiger partial charge < -0.3 is 11.5 Å². The fourth-order valence-corrected chi connectivity index (χ4v) is 2.12. The van der Waals surface area contributed by atoms with Gasteiger partial charge in [-0.2, -0.15) is 0 Å². The van der Waals surface area contributed by atoms with Crippen LogP contribution in [0, 0.1) is 0 Å². The number of amides is 1. The highest BCUT2D eigenvalue weighted by Crippen LogP contribution is 2.24. The molecular weight excluding hydrogens is 266 g/mol. The third-order valence-electron chi connectivity index (χ3n) is 3.11. The molecule has 0 saturated heterocycles. The minimum absolute atomic E-state index is 0.246. The number of benzene rings is 2. The molecule has 1 heterocycles. The molecule has 0 unspecified atom stereocenters. The summed E-state index contributed by atoms with van der Waals surface area (Å²) < 4.78 is 1.68. The van der Waals surface area contributed by atoms with E-state index in [0.29, 0.717) is 17.1 Å². The van der Waals surface area contributed by atoms with E-state index < -0.39 is 5.91 Å². The fourth-order valence-electron chi connectivity index (χ4n) is 2.12. The van der Waals surface area contributed by atoms with Crippen LogP contribution in [0.5, 0.6) is 0 Å². The highest BCUT2D eigenvalue weighted by molar-refractivity contribution is 5.93. The first-order valence-electron chi connectivity index (χ1n) is 6.33. The van der Waals surface area contributed by atoms with Gasteiger partial charge in [-0.15, -0.1) is 10.2 Å². The first-order valence-corrected chi connectivity index (χ1v) is 6.33. The molecule has 0 bridgehead atoms. The highest BCUT2D eigenvalue weighted by atomic mass is 16.1. The zero-order chi connectivity index (χ0) is 14.8. The predicted octanol–water partition coefficient (Wildman–Crippen LogP) is 1.62. The summed E-state index contributed by atoms with van der Waals surface area (Å²) in [6.07, 6.45) is 0. The molecule has 0 aliphatic carbocycles. The van der Waals surface area contributed by atoms with Crippen molar-refractivity contribution in [3.8, 4) is 17.1 Å². The molecule has 3 aromatic rings. The zero-order valence-electron chi connectivity index (χ0n) is 11.1. The summed E-state index contributed by atoms with van der Waals surface area (Å²) in [6.45, 7) is 0. The van der Waals surface area contributed by atoms with Crippen molar-refractivity contribution in [1.82, 2.24) is 14.8 Å². The number of aromatic nitrogens is 3. The lowest BCUT2D eigenvalue weighted by molar-refractivity contribution is 0.100. The van der Waals surface area contributed by atoms with Crippen LogP contribution in [0.3, 0.4) is 0 Å². The second kappa shape index (κ2) is 5.09. The summed E-state index contributed by atoms with van der Waals surface area (Å²) in [6, 6.07) is 16.4. The van der Waals surface area contributed by atoms with Crippen molar-refractivity contribution >= 4 is 11.9 Å². The smallest absolute Gasteiger partial charge is 0.248 e. The Labute approximate surface area is 121 Å². The van der Waals surface area contributed by atoms with Gasteiger partial charge >= 0.3 is 0 Å². The summed E-state index contributed by atoms with van der Waals surface area (Å²) in [5, 5.41) is 8.03. The number of anilines is 1. The van der Waals surface area contributed by atoms with Crippen LogP contribution in [0.2, 0.25) is 0 Å². The number of nitrogens with zero attached hydrogens (tertiary/aromatic N) is 3. The monoisotopic (exact) mass is 279 g/mol. The predicted molar refractivity (Wildman–Crippen MR) is 79.7 cm³/mol. The van der Waals surface area contributed by atoms with Crippen molar-refractivity contribution in [3.05, 3.63) is 60.2 Å². The minimum Gasteiger partial charge on any atom is -0.368 e. The van der Waals surface area contributed by atoms with Gasteiger partial charge in [0.25, 0.3) is 0 Å². The van der Waals surface area contributed by atoms with Crippen LogP contribution < -0.4 is 11.5 Å². The third-order valence-corrected chi connectivity index (χ3v) is 3.11. The van der Waals surface area contributed by atoms with Gasteiger partial charge in [0.15, 0.2) is 5.82 Å². The Hall–Kier alpha value is -3.15.